The van der Waals surface area contributed by atoms with Crippen LogP contribution in [-0.2, 0) is 0 Å². The molecule has 2 unspecified atom stereocenters. The highest BCUT2D eigenvalue weighted by Gasteiger charge is 2.32. The summed E-state index contributed by atoms with van der Waals surface area (Å²) in [5, 5.41) is 8.32. The highest BCUT2D eigenvalue weighted by Crippen LogP contribution is 2.24. The lowest BCUT2D eigenvalue weighted by molar-refractivity contribution is 0.0566. The van der Waals surface area contributed by atoms with Gasteiger partial charge in [-0.3, -0.25) is 4.79 Å². The van der Waals surface area contributed by atoms with Crippen molar-refractivity contribution >= 4 is 5.91 Å². The van der Waals surface area contributed by atoms with Gasteiger partial charge in [-0.1, -0.05) is 12.1 Å². The maximum Gasteiger partial charge on any atom is 0.276 e. The van der Waals surface area contributed by atoms with Gasteiger partial charge >= 0.3 is 0 Å². The second kappa shape index (κ2) is 7.23. The minimum absolute atomic E-state index is 0.0711. The molecule has 7 heteroatoms. The van der Waals surface area contributed by atoms with Crippen LogP contribution in [0.1, 0.15) is 35.9 Å². The lowest BCUT2D eigenvalue weighted by Crippen LogP contribution is -2.49. The fourth-order valence-electron chi connectivity index (χ4n) is 3.37. The highest BCUT2D eigenvalue weighted by molar-refractivity contribution is 5.93. The van der Waals surface area contributed by atoms with Gasteiger partial charge in [0.05, 0.1) is 18.5 Å². The molecule has 2 N–H and O–H groups in total. The van der Waals surface area contributed by atoms with Gasteiger partial charge in [-0.2, -0.15) is 0 Å². The predicted octanol–water partition coefficient (Wildman–Crippen LogP) is 1.78. The smallest absolute Gasteiger partial charge is 0.276 e. The molecule has 0 spiro atoms. The number of hydrogen-bond donors (Lipinski definition) is 1. The van der Waals surface area contributed by atoms with Gasteiger partial charge in [-0.15, -0.1) is 5.10 Å². The van der Waals surface area contributed by atoms with E-state index in [9.17, 15) is 4.79 Å². The van der Waals surface area contributed by atoms with Crippen molar-refractivity contribution in [2.24, 2.45) is 11.7 Å². The first-order valence-electron chi connectivity index (χ1n) is 8.63. The molecule has 1 amide bonds. The molecule has 1 aliphatic rings. The molecular weight excluding hydrogens is 318 g/mol. The first kappa shape index (κ1) is 17.4. The Labute approximate surface area is 147 Å². The number of benzene rings is 1. The maximum atomic E-state index is 13.0. The summed E-state index contributed by atoms with van der Waals surface area (Å²) in [4.78, 5) is 14.8. The van der Waals surface area contributed by atoms with Gasteiger partial charge in [0.1, 0.15) is 5.75 Å². The van der Waals surface area contributed by atoms with Crippen LogP contribution >= 0.6 is 0 Å². The SMILES string of the molecule is COc1ccc(-n2nnc(C(=O)N3CCC(C)CC3CN)c2C)cc1. The Morgan fingerprint density at radius 1 is 1.36 bits per heavy atom. The average molecular weight is 343 g/mol. The third-order valence-corrected chi connectivity index (χ3v) is 4.93. The number of likely N-dealkylation sites (tertiary alicyclic amines) is 1. The summed E-state index contributed by atoms with van der Waals surface area (Å²) in [5.41, 5.74) is 7.85. The van der Waals surface area contributed by atoms with E-state index in [1.165, 1.54) is 0 Å². The van der Waals surface area contributed by atoms with Gasteiger partial charge < -0.3 is 15.4 Å². The van der Waals surface area contributed by atoms with Crippen molar-refractivity contribution in [3.05, 3.63) is 35.7 Å². The normalized spacial score (nSPS) is 20.6. The van der Waals surface area contributed by atoms with Crippen LogP contribution < -0.4 is 10.5 Å². The van der Waals surface area contributed by atoms with Crippen LogP contribution in [0, 0.1) is 12.8 Å². The minimum atomic E-state index is -0.0837. The number of methoxy groups -OCH3 is 1. The quantitative estimate of drug-likeness (QED) is 0.914. The van der Waals surface area contributed by atoms with Crippen LogP contribution in [0.4, 0.5) is 0 Å². The van der Waals surface area contributed by atoms with E-state index >= 15 is 0 Å². The Bertz CT molecular complexity index is 740. The number of ether oxygens (including phenoxy) is 1. The number of amides is 1. The number of piperidine rings is 1. The first-order valence-corrected chi connectivity index (χ1v) is 8.63. The Morgan fingerprint density at radius 2 is 2.08 bits per heavy atom. The number of aromatic nitrogens is 3. The van der Waals surface area contributed by atoms with Crippen LogP contribution in [-0.4, -0.2) is 52.0 Å². The van der Waals surface area contributed by atoms with Gasteiger partial charge in [-0.25, -0.2) is 4.68 Å². The van der Waals surface area contributed by atoms with Crippen molar-refractivity contribution < 1.29 is 9.53 Å². The monoisotopic (exact) mass is 343 g/mol. The van der Waals surface area contributed by atoms with E-state index in [1.54, 1.807) is 11.8 Å². The lowest BCUT2D eigenvalue weighted by atomic mass is 9.92. The van der Waals surface area contributed by atoms with E-state index in [1.807, 2.05) is 36.1 Å². The molecule has 134 valence electrons. The fourth-order valence-corrected chi connectivity index (χ4v) is 3.37. The minimum Gasteiger partial charge on any atom is -0.497 e. The number of rotatable bonds is 4. The molecule has 7 nitrogen and oxygen atoms in total. The van der Waals surface area contributed by atoms with E-state index < -0.39 is 0 Å². The molecule has 1 aliphatic heterocycles. The summed E-state index contributed by atoms with van der Waals surface area (Å²) < 4.78 is 6.85. The van der Waals surface area contributed by atoms with Crippen LogP contribution in [0.15, 0.2) is 24.3 Å². The van der Waals surface area contributed by atoms with E-state index in [-0.39, 0.29) is 11.9 Å². The summed E-state index contributed by atoms with van der Waals surface area (Å²) in [6.45, 7) is 5.26. The molecule has 0 radical (unpaired) electrons. The van der Waals surface area contributed by atoms with Crippen LogP contribution in [0.3, 0.4) is 0 Å². The molecule has 2 aromatic rings. The third-order valence-electron chi connectivity index (χ3n) is 4.93. The van der Waals surface area contributed by atoms with Gasteiger partial charge in [0, 0.05) is 19.1 Å². The molecular formula is C18H25N5O2. The molecule has 1 saturated heterocycles. The Kier molecular flexibility index (Phi) is 5.03. The lowest BCUT2D eigenvalue weighted by Gasteiger charge is -2.37. The predicted molar refractivity (Wildman–Crippen MR) is 94.9 cm³/mol. The number of carbonyl (C=O) groups excluding carboxylic acids is 1. The zero-order chi connectivity index (χ0) is 18.0. The molecule has 0 saturated carbocycles. The van der Waals surface area contributed by atoms with Crippen LogP contribution in [0.5, 0.6) is 5.75 Å². The molecule has 0 bridgehead atoms. The molecule has 1 aromatic heterocycles. The fraction of sp³-hybridized carbons (Fsp3) is 0.500. The van der Waals surface area contributed by atoms with Crippen molar-refractivity contribution in [2.75, 3.05) is 20.2 Å². The molecule has 0 aliphatic carbocycles. The van der Waals surface area contributed by atoms with E-state index in [2.05, 4.69) is 17.2 Å². The molecule has 2 atom stereocenters. The largest absolute Gasteiger partial charge is 0.497 e. The first-order chi connectivity index (χ1) is 12.0. The number of carbonyl (C=O) groups is 1. The summed E-state index contributed by atoms with van der Waals surface area (Å²) in [6.07, 6.45) is 1.93. The topological polar surface area (TPSA) is 86.3 Å². The van der Waals surface area contributed by atoms with Crippen molar-refractivity contribution in [3.8, 4) is 11.4 Å². The van der Waals surface area contributed by atoms with Gasteiger partial charge in [-0.05, 0) is 49.9 Å². The zero-order valence-electron chi connectivity index (χ0n) is 15.0. The number of nitrogens with zero attached hydrogens (tertiary/aromatic N) is 4. The van der Waals surface area contributed by atoms with Crippen molar-refractivity contribution in [1.29, 1.82) is 0 Å². The van der Waals surface area contributed by atoms with E-state index in [0.29, 0.717) is 18.2 Å². The van der Waals surface area contributed by atoms with Gasteiger partial charge in [0.15, 0.2) is 5.69 Å². The number of nitrogens with two attached hydrogens (primary N) is 1. The van der Waals surface area contributed by atoms with E-state index in [4.69, 9.17) is 10.5 Å². The summed E-state index contributed by atoms with van der Waals surface area (Å²) >= 11 is 0. The average Bonchev–Trinajstić information content (AvgIpc) is 3.02. The zero-order valence-corrected chi connectivity index (χ0v) is 15.0. The van der Waals surface area contributed by atoms with Gasteiger partial charge in [0.2, 0.25) is 0 Å². The van der Waals surface area contributed by atoms with Crippen molar-refractivity contribution in [1.82, 2.24) is 19.9 Å². The Morgan fingerprint density at radius 3 is 2.72 bits per heavy atom. The van der Waals surface area contributed by atoms with Crippen molar-refractivity contribution in [2.45, 2.75) is 32.7 Å². The van der Waals surface area contributed by atoms with Gasteiger partial charge in [0.25, 0.3) is 5.91 Å². The third kappa shape index (κ3) is 3.37. The standard InChI is InChI=1S/C18H25N5O2/c1-12-8-9-22(15(10-12)11-19)18(24)17-13(2)23(21-20-17)14-4-6-16(25-3)7-5-14/h4-7,12,15H,8-11,19H2,1-3H3. The Balaban J connectivity index is 1.85. The molecule has 2 heterocycles. The molecule has 1 fully saturated rings. The molecule has 1 aromatic carbocycles. The van der Waals surface area contributed by atoms with Crippen LogP contribution in [0.25, 0.3) is 5.69 Å². The summed E-state index contributed by atoms with van der Waals surface area (Å²) in [5.74, 6) is 1.28. The van der Waals surface area contributed by atoms with Crippen LogP contribution in [0.2, 0.25) is 0 Å². The second-order valence-electron chi connectivity index (χ2n) is 6.65. The van der Waals surface area contributed by atoms with E-state index in [0.717, 1.165) is 36.5 Å². The highest BCUT2D eigenvalue weighted by atomic mass is 16.5. The molecule has 3 rings (SSSR count). The Hall–Kier alpha value is -2.41. The van der Waals surface area contributed by atoms with Crippen molar-refractivity contribution in [3.63, 3.8) is 0 Å². The maximum absolute atomic E-state index is 13.0. The number of hydrogen-bond acceptors (Lipinski definition) is 5. The summed E-state index contributed by atoms with van der Waals surface area (Å²) in [7, 11) is 1.62. The summed E-state index contributed by atoms with van der Waals surface area (Å²) in [6, 6.07) is 7.56. The second-order valence-corrected chi connectivity index (χ2v) is 6.65. The molecule has 25 heavy (non-hydrogen) atoms.